The third-order valence-electron chi connectivity index (χ3n) is 3.13. The van der Waals surface area contributed by atoms with Crippen molar-refractivity contribution in [2.24, 2.45) is 7.05 Å². The van der Waals surface area contributed by atoms with Crippen molar-refractivity contribution >= 4 is 21.8 Å². The third kappa shape index (κ3) is 3.57. The van der Waals surface area contributed by atoms with Gasteiger partial charge in [-0.05, 0) is 22.0 Å². The SMILES string of the molecule is Cn1cc(Br)cc1C(=O)NCCN1CCNCC1. The largest absolute Gasteiger partial charge is 0.349 e. The maximum Gasteiger partial charge on any atom is 0.267 e. The molecule has 1 aromatic rings. The van der Waals surface area contributed by atoms with Gasteiger partial charge in [-0.15, -0.1) is 0 Å². The Bertz CT molecular complexity index is 412. The van der Waals surface area contributed by atoms with Crippen LogP contribution in [0.1, 0.15) is 10.5 Å². The average Bonchev–Trinajstić information content (AvgIpc) is 2.70. The Kier molecular flexibility index (Phi) is 4.79. The molecule has 2 heterocycles. The highest BCUT2D eigenvalue weighted by Gasteiger charge is 2.12. The molecule has 18 heavy (non-hydrogen) atoms. The van der Waals surface area contributed by atoms with Gasteiger partial charge in [0.15, 0.2) is 0 Å². The first-order chi connectivity index (χ1) is 8.66. The molecular formula is C12H19BrN4O. The number of nitrogens with one attached hydrogen (secondary N) is 2. The molecule has 1 amide bonds. The van der Waals surface area contributed by atoms with Crippen molar-refractivity contribution in [2.75, 3.05) is 39.3 Å². The van der Waals surface area contributed by atoms with Crippen molar-refractivity contribution in [3.63, 3.8) is 0 Å². The first-order valence-electron chi connectivity index (χ1n) is 6.20. The minimum Gasteiger partial charge on any atom is -0.349 e. The van der Waals surface area contributed by atoms with E-state index in [2.05, 4.69) is 31.5 Å². The minimum absolute atomic E-state index is 0.0154. The van der Waals surface area contributed by atoms with Crippen LogP contribution in [-0.2, 0) is 7.05 Å². The molecule has 100 valence electrons. The van der Waals surface area contributed by atoms with Crippen molar-refractivity contribution in [2.45, 2.75) is 0 Å². The number of halogens is 1. The fourth-order valence-electron chi connectivity index (χ4n) is 2.10. The molecule has 0 bridgehead atoms. The smallest absolute Gasteiger partial charge is 0.267 e. The Morgan fingerprint density at radius 2 is 2.22 bits per heavy atom. The summed E-state index contributed by atoms with van der Waals surface area (Å²) in [6, 6.07) is 1.83. The molecule has 1 aromatic heterocycles. The fraction of sp³-hybridized carbons (Fsp3) is 0.583. The van der Waals surface area contributed by atoms with Crippen molar-refractivity contribution in [3.8, 4) is 0 Å². The number of amides is 1. The van der Waals surface area contributed by atoms with E-state index in [1.807, 2.05) is 23.9 Å². The normalized spacial score (nSPS) is 16.8. The number of carbonyl (C=O) groups excluding carboxylic acids is 1. The van der Waals surface area contributed by atoms with Crippen LogP contribution in [-0.4, -0.2) is 54.6 Å². The van der Waals surface area contributed by atoms with Crippen molar-refractivity contribution in [1.29, 1.82) is 0 Å². The fourth-order valence-corrected chi connectivity index (χ4v) is 2.63. The van der Waals surface area contributed by atoms with E-state index in [-0.39, 0.29) is 5.91 Å². The van der Waals surface area contributed by atoms with Crippen LogP contribution in [0.15, 0.2) is 16.7 Å². The molecule has 6 heteroatoms. The molecule has 1 fully saturated rings. The minimum atomic E-state index is -0.0154. The lowest BCUT2D eigenvalue weighted by atomic mass is 10.3. The number of aryl methyl sites for hydroxylation is 1. The molecule has 1 saturated heterocycles. The molecule has 0 spiro atoms. The highest BCUT2D eigenvalue weighted by molar-refractivity contribution is 9.10. The summed E-state index contributed by atoms with van der Waals surface area (Å²) in [5.74, 6) is -0.0154. The highest BCUT2D eigenvalue weighted by Crippen LogP contribution is 2.13. The average molecular weight is 315 g/mol. The van der Waals surface area contributed by atoms with Crippen LogP contribution in [0.5, 0.6) is 0 Å². The topological polar surface area (TPSA) is 49.3 Å². The highest BCUT2D eigenvalue weighted by atomic mass is 79.9. The van der Waals surface area contributed by atoms with Gasteiger partial charge in [0.2, 0.25) is 0 Å². The summed E-state index contributed by atoms with van der Waals surface area (Å²) >= 11 is 3.37. The maximum atomic E-state index is 11.9. The Morgan fingerprint density at radius 1 is 1.50 bits per heavy atom. The monoisotopic (exact) mass is 314 g/mol. The third-order valence-corrected chi connectivity index (χ3v) is 3.56. The Labute approximate surface area is 116 Å². The van der Waals surface area contributed by atoms with Gasteiger partial charge in [-0.2, -0.15) is 0 Å². The second kappa shape index (κ2) is 6.36. The molecule has 5 nitrogen and oxygen atoms in total. The summed E-state index contributed by atoms with van der Waals surface area (Å²) in [5.41, 5.74) is 0.683. The molecule has 2 N–H and O–H groups in total. The van der Waals surface area contributed by atoms with E-state index in [9.17, 15) is 4.79 Å². The van der Waals surface area contributed by atoms with Gasteiger partial charge in [-0.3, -0.25) is 9.69 Å². The molecule has 0 atom stereocenters. The van der Waals surface area contributed by atoms with Crippen LogP contribution in [0.3, 0.4) is 0 Å². The van der Waals surface area contributed by atoms with Gasteiger partial charge in [-0.25, -0.2) is 0 Å². The van der Waals surface area contributed by atoms with E-state index in [0.717, 1.165) is 37.2 Å². The quantitative estimate of drug-likeness (QED) is 0.847. The predicted octanol–water partition coefficient (Wildman–Crippen LogP) is 0.423. The molecule has 0 saturated carbocycles. The second-order valence-electron chi connectivity index (χ2n) is 4.50. The molecule has 1 aliphatic heterocycles. The molecule has 0 aromatic carbocycles. The standard InChI is InChI=1S/C12H19BrN4O/c1-16-9-10(13)8-11(16)12(18)15-4-7-17-5-2-14-3-6-17/h8-9,14H,2-7H2,1H3,(H,15,18). The van der Waals surface area contributed by atoms with Gasteiger partial charge in [0.25, 0.3) is 5.91 Å². The summed E-state index contributed by atoms with van der Waals surface area (Å²) in [6.45, 7) is 5.81. The van der Waals surface area contributed by atoms with E-state index >= 15 is 0 Å². The Balaban J connectivity index is 1.76. The van der Waals surface area contributed by atoms with Gasteiger partial charge >= 0.3 is 0 Å². The van der Waals surface area contributed by atoms with E-state index in [4.69, 9.17) is 0 Å². The zero-order valence-corrected chi connectivity index (χ0v) is 12.2. The maximum absolute atomic E-state index is 11.9. The van der Waals surface area contributed by atoms with Gasteiger partial charge in [0, 0.05) is 57.0 Å². The van der Waals surface area contributed by atoms with Crippen LogP contribution >= 0.6 is 15.9 Å². The van der Waals surface area contributed by atoms with E-state index in [1.165, 1.54) is 0 Å². The second-order valence-corrected chi connectivity index (χ2v) is 5.42. The molecule has 0 unspecified atom stereocenters. The summed E-state index contributed by atoms with van der Waals surface area (Å²) < 4.78 is 2.75. The number of hydrogen-bond acceptors (Lipinski definition) is 3. The van der Waals surface area contributed by atoms with Crippen LogP contribution in [0, 0.1) is 0 Å². The summed E-state index contributed by atoms with van der Waals surface area (Å²) in [5, 5.41) is 6.27. The molecule has 1 aliphatic rings. The van der Waals surface area contributed by atoms with E-state index < -0.39 is 0 Å². The Morgan fingerprint density at radius 3 is 2.83 bits per heavy atom. The summed E-state index contributed by atoms with van der Waals surface area (Å²) in [6.07, 6.45) is 1.88. The van der Waals surface area contributed by atoms with Crippen LogP contribution < -0.4 is 10.6 Å². The zero-order valence-electron chi connectivity index (χ0n) is 10.6. The number of aromatic nitrogens is 1. The van der Waals surface area contributed by atoms with Crippen LogP contribution in [0.25, 0.3) is 0 Å². The molecule has 0 aliphatic carbocycles. The predicted molar refractivity (Wildman–Crippen MR) is 74.8 cm³/mol. The van der Waals surface area contributed by atoms with Crippen molar-refractivity contribution in [1.82, 2.24) is 20.1 Å². The number of piperazine rings is 1. The lowest BCUT2D eigenvalue weighted by Crippen LogP contribution is -2.46. The van der Waals surface area contributed by atoms with Crippen LogP contribution in [0.2, 0.25) is 0 Å². The summed E-state index contributed by atoms with van der Waals surface area (Å²) in [7, 11) is 1.87. The van der Waals surface area contributed by atoms with Crippen molar-refractivity contribution in [3.05, 3.63) is 22.4 Å². The zero-order chi connectivity index (χ0) is 13.0. The van der Waals surface area contributed by atoms with Gasteiger partial charge < -0.3 is 15.2 Å². The van der Waals surface area contributed by atoms with Gasteiger partial charge in [-0.1, -0.05) is 0 Å². The Hall–Kier alpha value is -0.850. The number of nitrogens with zero attached hydrogens (tertiary/aromatic N) is 2. The van der Waals surface area contributed by atoms with Crippen LogP contribution in [0.4, 0.5) is 0 Å². The van der Waals surface area contributed by atoms with E-state index in [0.29, 0.717) is 12.2 Å². The lowest BCUT2D eigenvalue weighted by Gasteiger charge is -2.27. The summed E-state index contributed by atoms with van der Waals surface area (Å²) in [4.78, 5) is 14.3. The van der Waals surface area contributed by atoms with Gasteiger partial charge in [0.1, 0.15) is 5.69 Å². The number of hydrogen-bond donors (Lipinski definition) is 2. The first-order valence-corrected chi connectivity index (χ1v) is 6.99. The van der Waals surface area contributed by atoms with Crippen molar-refractivity contribution < 1.29 is 4.79 Å². The molecular weight excluding hydrogens is 296 g/mol. The number of carbonyl (C=O) groups is 1. The first kappa shape index (κ1) is 13.6. The molecule has 0 radical (unpaired) electrons. The van der Waals surface area contributed by atoms with E-state index in [1.54, 1.807) is 0 Å². The van der Waals surface area contributed by atoms with Gasteiger partial charge in [0.05, 0.1) is 0 Å². The molecule has 2 rings (SSSR count). The lowest BCUT2D eigenvalue weighted by molar-refractivity contribution is 0.0939. The number of rotatable bonds is 4.